The van der Waals surface area contributed by atoms with Gasteiger partial charge in [-0.2, -0.15) is 0 Å². The SMILES string of the molecule is C=C[C@@H](C)[C@@H](O[Si](C)(C)C(C)(C)C)/C(C)=C/Cc1ccccc1. The van der Waals surface area contributed by atoms with Crippen molar-refractivity contribution in [2.75, 3.05) is 0 Å². The van der Waals surface area contributed by atoms with E-state index in [9.17, 15) is 0 Å². The number of hydrogen-bond donors (Lipinski definition) is 0. The molecule has 0 aliphatic carbocycles. The van der Waals surface area contributed by atoms with Crippen molar-refractivity contribution in [3.8, 4) is 0 Å². The molecule has 0 heterocycles. The molecule has 1 aromatic carbocycles. The maximum atomic E-state index is 6.70. The minimum atomic E-state index is -1.81. The Bertz CT molecular complexity index is 523. The first-order valence-electron chi connectivity index (χ1n) is 8.59. The molecule has 0 amide bonds. The Balaban J connectivity index is 2.95. The highest BCUT2D eigenvalue weighted by atomic mass is 28.4. The van der Waals surface area contributed by atoms with Crippen molar-refractivity contribution in [1.29, 1.82) is 0 Å². The molecule has 0 fully saturated rings. The summed E-state index contributed by atoms with van der Waals surface area (Å²) in [5, 5.41) is 0.214. The minimum Gasteiger partial charge on any atom is -0.410 e. The molecule has 0 saturated heterocycles. The molecule has 0 unspecified atom stereocenters. The van der Waals surface area contributed by atoms with Gasteiger partial charge in [-0.25, -0.2) is 0 Å². The molecule has 0 aliphatic rings. The topological polar surface area (TPSA) is 9.23 Å². The third-order valence-corrected chi connectivity index (χ3v) is 9.48. The van der Waals surface area contributed by atoms with Gasteiger partial charge < -0.3 is 4.43 Å². The second-order valence-corrected chi connectivity index (χ2v) is 12.8. The molecule has 0 N–H and O–H groups in total. The van der Waals surface area contributed by atoms with Gasteiger partial charge >= 0.3 is 0 Å². The predicted octanol–water partition coefficient (Wildman–Crippen LogP) is 6.39. The lowest BCUT2D eigenvalue weighted by molar-refractivity contribution is 0.178. The fourth-order valence-electron chi connectivity index (χ4n) is 2.24. The molecule has 23 heavy (non-hydrogen) atoms. The molecule has 0 bridgehead atoms. The van der Waals surface area contributed by atoms with Crippen LogP contribution in [0.1, 0.15) is 40.2 Å². The molecule has 1 aromatic rings. The normalized spacial score (nSPS) is 16.0. The molecule has 1 nitrogen and oxygen atoms in total. The molecule has 2 heteroatoms. The van der Waals surface area contributed by atoms with E-state index in [-0.39, 0.29) is 11.1 Å². The van der Waals surface area contributed by atoms with E-state index < -0.39 is 8.32 Å². The molecular formula is C21H34OSi. The van der Waals surface area contributed by atoms with Gasteiger partial charge in [0.1, 0.15) is 0 Å². The van der Waals surface area contributed by atoms with Crippen LogP contribution in [0.2, 0.25) is 18.1 Å². The second-order valence-electron chi connectivity index (χ2n) is 8.03. The minimum absolute atomic E-state index is 0.122. The van der Waals surface area contributed by atoms with Crippen molar-refractivity contribution in [1.82, 2.24) is 0 Å². The summed E-state index contributed by atoms with van der Waals surface area (Å²) >= 11 is 0. The zero-order valence-electron chi connectivity index (χ0n) is 16.0. The quantitative estimate of drug-likeness (QED) is 0.416. The fourth-order valence-corrected chi connectivity index (χ4v) is 3.63. The highest BCUT2D eigenvalue weighted by molar-refractivity contribution is 6.74. The summed E-state index contributed by atoms with van der Waals surface area (Å²) in [7, 11) is -1.81. The summed E-state index contributed by atoms with van der Waals surface area (Å²) in [6, 6.07) is 10.6. The Labute approximate surface area is 144 Å². The van der Waals surface area contributed by atoms with Crippen molar-refractivity contribution in [3.05, 3.63) is 60.2 Å². The standard InChI is InChI=1S/C21H34OSi/c1-9-17(2)20(22-23(7,8)21(4,5)6)18(3)15-16-19-13-11-10-12-14-19/h9-15,17,20H,1,16H2,2-8H3/b18-15+/t17-,20-/m1/s1. The lowest BCUT2D eigenvalue weighted by atomic mass is 9.97. The van der Waals surface area contributed by atoms with Gasteiger partial charge in [-0.1, -0.05) is 70.2 Å². The van der Waals surface area contributed by atoms with Crippen LogP contribution in [0.3, 0.4) is 0 Å². The average molecular weight is 331 g/mol. The van der Waals surface area contributed by atoms with Crippen LogP contribution in [-0.2, 0) is 10.8 Å². The van der Waals surface area contributed by atoms with E-state index in [1.807, 2.05) is 6.08 Å². The molecule has 0 aliphatic heterocycles. The maximum absolute atomic E-state index is 6.70. The zero-order valence-corrected chi connectivity index (χ0v) is 17.0. The number of benzene rings is 1. The van der Waals surface area contributed by atoms with Gasteiger partial charge in [0.25, 0.3) is 0 Å². The van der Waals surface area contributed by atoms with E-state index in [4.69, 9.17) is 4.43 Å². The van der Waals surface area contributed by atoms with Crippen molar-refractivity contribution >= 4 is 8.32 Å². The first-order valence-corrected chi connectivity index (χ1v) is 11.5. The van der Waals surface area contributed by atoms with E-state index >= 15 is 0 Å². The third-order valence-electron chi connectivity index (χ3n) is 5.03. The van der Waals surface area contributed by atoms with E-state index in [1.165, 1.54) is 11.1 Å². The van der Waals surface area contributed by atoms with Gasteiger partial charge in [-0.3, -0.25) is 0 Å². The van der Waals surface area contributed by atoms with Crippen LogP contribution in [-0.4, -0.2) is 14.4 Å². The van der Waals surface area contributed by atoms with Crippen molar-refractivity contribution in [2.45, 2.75) is 65.3 Å². The van der Waals surface area contributed by atoms with Crippen LogP contribution in [0, 0.1) is 5.92 Å². The maximum Gasteiger partial charge on any atom is 0.192 e. The Morgan fingerprint density at radius 2 is 1.78 bits per heavy atom. The summed E-state index contributed by atoms with van der Waals surface area (Å²) < 4.78 is 6.70. The van der Waals surface area contributed by atoms with E-state index in [2.05, 4.69) is 90.7 Å². The molecule has 128 valence electrons. The first kappa shape index (κ1) is 19.9. The van der Waals surface area contributed by atoms with E-state index in [1.54, 1.807) is 0 Å². The number of hydrogen-bond acceptors (Lipinski definition) is 1. The molecule has 0 radical (unpaired) electrons. The largest absolute Gasteiger partial charge is 0.410 e. The van der Waals surface area contributed by atoms with Crippen LogP contribution in [0.5, 0.6) is 0 Å². The summed E-state index contributed by atoms with van der Waals surface area (Å²) in [6.07, 6.45) is 5.40. The van der Waals surface area contributed by atoms with Crippen LogP contribution >= 0.6 is 0 Å². The van der Waals surface area contributed by atoms with Gasteiger partial charge in [0.2, 0.25) is 0 Å². The van der Waals surface area contributed by atoms with Crippen LogP contribution < -0.4 is 0 Å². The fraction of sp³-hybridized carbons (Fsp3) is 0.524. The van der Waals surface area contributed by atoms with Crippen LogP contribution in [0.15, 0.2) is 54.6 Å². The second kappa shape index (κ2) is 8.12. The Kier molecular flexibility index (Phi) is 7.03. The molecule has 0 aromatic heterocycles. The highest BCUT2D eigenvalue weighted by Gasteiger charge is 2.40. The van der Waals surface area contributed by atoms with Crippen molar-refractivity contribution < 1.29 is 4.43 Å². The van der Waals surface area contributed by atoms with Crippen molar-refractivity contribution in [2.24, 2.45) is 5.92 Å². The zero-order chi connectivity index (χ0) is 17.7. The smallest absolute Gasteiger partial charge is 0.192 e. The predicted molar refractivity (Wildman–Crippen MR) is 105 cm³/mol. The van der Waals surface area contributed by atoms with Gasteiger partial charge in [-0.05, 0) is 42.6 Å². The first-order chi connectivity index (χ1) is 10.6. The average Bonchev–Trinajstić information content (AvgIpc) is 2.49. The summed E-state index contributed by atoms with van der Waals surface area (Å²) in [5.74, 6) is 0.316. The Hall–Kier alpha value is -1.12. The summed E-state index contributed by atoms with van der Waals surface area (Å²) in [4.78, 5) is 0. The van der Waals surface area contributed by atoms with E-state index in [0.717, 1.165) is 6.42 Å². The Morgan fingerprint density at radius 1 is 1.22 bits per heavy atom. The molecule has 1 rings (SSSR count). The van der Waals surface area contributed by atoms with Gasteiger partial charge in [-0.15, -0.1) is 6.58 Å². The number of allylic oxidation sites excluding steroid dienone is 1. The van der Waals surface area contributed by atoms with Gasteiger partial charge in [0, 0.05) is 5.92 Å². The molecule has 0 spiro atoms. The highest BCUT2D eigenvalue weighted by Crippen LogP contribution is 2.39. The summed E-state index contributed by atoms with van der Waals surface area (Å²) in [5.41, 5.74) is 2.65. The number of rotatable bonds is 7. The molecule has 0 saturated carbocycles. The van der Waals surface area contributed by atoms with Crippen molar-refractivity contribution in [3.63, 3.8) is 0 Å². The van der Waals surface area contributed by atoms with Crippen LogP contribution in [0.25, 0.3) is 0 Å². The lowest BCUT2D eigenvalue weighted by Crippen LogP contribution is -2.45. The van der Waals surface area contributed by atoms with Crippen LogP contribution in [0.4, 0.5) is 0 Å². The monoisotopic (exact) mass is 330 g/mol. The van der Waals surface area contributed by atoms with Gasteiger partial charge in [0.05, 0.1) is 6.10 Å². The lowest BCUT2D eigenvalue weighted by Gasteiger charge is -2.41. The van der Waals surface area contributed by atoms with Gasteiger partial charge in [0.15, 0.2) is 8.32 Å². The molecule has 2 atom stereocenters. The van der Waals surface area contributed by atoms with E-state index in [0.29, 0.717) is 5.92 Å². The summed E-state index contributed by atoms with van der Waals surface area (Å²) in [6.45, 7) is 19.9. The Morgan fingerprint density at radius 3 is 2.26 bits per heavy atom. The molecular weight excluding hydrogens is 296 g/mol. The third kappa shape index (κ3) is 5.78.